The Morgan fingerprint density at radius 3 is 2.52 bits per heavy atom. The second-order valence-corrected chi connectivity index (χ2v) is 10.7. The van der Waals surface area contributed by atoms with Gasteiger partial charge >= 0.3 is 0 Å². The van der Waals surface area contributed by atoms with Crippen LogP contribution in [0.25, 0.3) is 10.2 Å². The maximum Gasteiger partial charge on any atom is 0.260 e. The van der Waals surface area contributed by atoms with Crippen molar-refractivity contribution in [2.24, 2.45) is 0 Å². The third-order valence-corrected chi connectivity index (χ3v) is 7.53. The Bertz CT molecular complexity index is 1180. The molecule has 1 amide bonds. The molecule has 1 fully saturated rings. The van der Waals surface area contributed by atoms with E-state index in [2.05, 4.69) is 4.90 Å². The number of para-hydroxylation sites is 1. The summed E-state index contributed by atoms with van der Waals surface area (Å²) >= 11 is 1.49. The van der Waals surface area contributed by atoms with Crippen molar-refractivity contribution in [1.29, 1.82) is 0 Å². The van der Waals surface area contributed by atoms with Crippen LogP contribution >= 0.6 is 11.3 Å². The number of sulfone groups is 1. The number of nitrogens with zero attached hydrogens (tertiary/aromatic N) is 3. The molecule has 164 valence electrons. The molecule has 0 radical (unpaired) electrons. The molecule has 3 aromatic rings. The molecule has 2 aromatic carbocycles. The van der Waals surface area contributed by atoms with Gasteiger partial charge < -0.3 is 4.74 Å². The fourth-order valence-corrected chi connectivity index (χ4v) is 5.24. The zero-order valence-electron chi connectivity index (χ0n) is 17.6. The van der Waals surface area contributed by atoms with Gasteiger partial charge in [-0.15, -0.1) is 0 Å². The summed E-state index contributed by atoms with van der Waals surface area (Å²) in [6.07, 6.45) is 1.15. The number of morpholine rings is 1. The fraction of sp³-hybridized carbons (Fsp3) is 0.364. The Balaban J connectivity index is 1.64. The zero-order chi connectivity index (χ0) is 22.0. The molecule has 0 spiro atoms. The minimum absolute atomic E-state index is 0.190. The number of hydrogen-bond donors (Lipinski definition) is 0. The van der Waals surface area contributed by atoms with Crippen molar-refractivity contribution in [1.82, 2.24) is 9.88 Å². The first kappa shape index (κ1) is 21.9. The van der Waals surface area contributed by atoms with E-state index in [1.54, 1.807) is 17.0 Å². The lowest BCUT2D eigenvalue weighted by Crippen LogP contribution is -2.43. The highest BCUT2D eigenvalue weighted by Crippen LogP contribution is 2.31. The summed E-state index contributed by atoms with van der Waals surface area (Å²) in [5, 5.41) is 0.648. The molecule has 0 unspecified atom stereocenters. The summed E-state index contributed by atoms with van der Waals surface area (Å²) in [5.41, 5.74) is 2.41. The average Bonchev–Trinajstić information content (AvgIpc) is 3.19. The van der Waals surface area contributed by atoms with E-state index < -0.39 is 9.84 Å². The number of hydrogen-bond acceptors (Lipinski definition) is 7. The normalized spacial score (nSPS) is 15.3. The molecule has 0 atom stereocenters. The van der Waals surface area contributed by atoms with E-state index in [1.165, 1.54) is 23.5 Å². The minimum atomic E-state index is -3.32. The van der Waals surface area contributed by atoms with Gasteiger partial charge in [-0.2, -0.15) is 0 Å². The third kappa shape index (κ3) is 4.95. The molecular weight excluding hydrogens is 434 g/mol. The first-order valence-corrected chi connectivity index (χ1v) is 12.8. The van der Waals surface area contributed by atoms with Gasteiger partial charge in [0.25, 0.3) is 5.91 Å². The van der Waals surface area contributed by atoms with E-state index in [4.69, 9.17) is 9.72 Å². The molecular formula is C22H25N3O4S2. The summed E-state index contributed by atoms with van der Waals surface area (Å²) in [6, 6.07) is 12.1. The van der Waals surface area contributed by atoms with Crippen LogP contribution in [0.5, 0.6) is 0 Å². The molecule has 0 saturated carbocycles. The third-order valence-electron chi connectivity index (χ3n) is 5.36. The molecule has 2 heterocycles. The van der Waals surface area contributed by atoms with Crippen molar-refractivity contribution >= 4 is 42.4 Å². The first-order chi connectivity index (χ1) is 14.8. The lowest BCUT2D eigenvalue weighted by molar-refractivity contribution is 0.0391. The molecule has 31 heavy (non-hydrogen) atoms. The number of fused-ring (bicyclic) bond motifs is 1. The van der Waals surface area contributed by atoms with Crippen molar-refractivity contribution in [3.8, 4) is 0 Å². The van der Waals surface area contributed by atoms with Gasteiger partial charge in [-0.1, -0.05) is 23.5 Å². The second kappa shape index (κ2) is 9.04. The van der Waals surface area contributed by atoms with Crippen molar-refractivity contribution in [3.05, 3.63) is 53.6 Å². The Kier molecular flexibility index (Phi) is 6.38. The number of aromatic nitrogens is 1. The number of anilines is 1. The van der Waals surface area contributed by atoms with E-state index in [-0.39, 0.29) is 10.8 Å². The maximum absolute atomic E-state index is 13.4. The minimum Gasteiger partial charge on any atom is -0.379 e. The summed E-state index contributed by atoms with van der Waals surface area (Å²) < 4.78 is 30.0. The highest BCUT2D eigenvalue weighted by Gasteiger charge is 2.23. The molecule has 1 aromatic heterocycles. The van der Waals surface area contributed by atoms with Gasteiger partial charge in [0.1, 0.15) is 0 Å². The highest BCUT2D eigenvalue weighted by atomic mass is 32.2. The second-order valence-electron chi connectivity index (χ2n) is 7.63. The highest BCUT2D eigenvalue weighted by molar-refractivity contribution is 7.90. The smallest absolute Gasteiger partial charge is 0.260 e. The summed E-state index contributed by atoms with van der Waals surface area (Å²) in [7, 11) is -3.32. The van der Waals surface area contributed by atoms with Crippen LogP contribution < -0.4 is 4.90 Å². The number of carbonyl (C=O) groups is 1. The van der Waals surface area contributed by atoms with Gasteiger partial charge in [0, 0.05) is 38.0 Å². The number of rotatable bonds is 6. The predicted octanol–water partition coefficient (Wildman–Crippen LogP) is 2.99. The van der Waals surface area contributed by atoms with Crippen LogP contribution in [-0.2, 0) is 14.6 Å². The van der Waals surface area contributed by atoms with Crippen molar-refractivity contribution in [2.75, 3.05) is 50.5 Å². The van der Waals surface area contributed by atoms with Gasteiger partial charge in [0.2, 0.25) is 0 Å². The van der Waals surface area contributed by atoms with Crippen molar-refractivity contribution in [3.63, 3.8) is 0 Å². The Labute approximate surface area is 186 Å². The number of amides is 1. The Morgan fingerprint density at radius 1 is 1.16 bits per heavy atom. The summed E-state index contributed by atoms with van der Waals surface area (Å²) in [6.45, 7) is 6.28. The molecule has 1 aliphatic heterocycles. The van der Waals surface area contributed by atoms with Gasteiger partial charge in [0.05, 0.1) is 28.3 Å². The van der Waals surface area contributed by atoms with Gasteiger partial charge in [-0.3, -0.25) is 14.6 Å². The zero-order valence-corrected chi connectivity index (χ0v) is 19.2. The molecule has 4 rings (SSSR count). The van der Waals surface area contributed by atoms with Crippen LogP contribution in [0.15, 0.2) is 47.4 Å². The fourth-order valence-electron chi connectivity index (χ4n) is 3.54. The standard InChI is InChI=1S/C22H25N3O4S2/c1-16-4-3-5-19-20(16)23-22(30-19)25(11-10-24-12-14-29-15-13-24)21(26)17-6-8-18(9-7-17)31(2,27)28/h3-9H,10-15H2,1-2H3. The van der Waals surface area contributed by atoms with Gasteiger partial charge in [-0.25, -0.2) is 13.4 Å². The molecule has 1 aliphatic rings. The first-order valence-electron chi connectivity index (χ1n) is 10.1. The lowest BCUT2D eigenvalue weighted by atomic mass is 10.2. The van der Waals surface area contributed by atoms with Crippen LogP contribution in [0.4, 0.5) is 5.13 Å². The maximum atomic E-state index is 13.4. The van der Waals surface area contributed by atoms with Crippen LogP contribution in [0.2, 0.25) is 0 Å². The molecule has 0 bridgehead atoms. The van der Waals surface area contributed by atoms with E-state index in [1.807, 2.05) is 25.1 Å². The lowest BCUT2D eigenvalue weighted by Gasteiger charge is -2.29. The summed E-state index contributed by atoms with van der Waals surface area (Å²) in [4.78, 5) is 22.4. The van der Waals surface area contributed by atoms with Crippen LogP contribution in [0.3, 0.4) is 0 Å². The number of thiazole rings is 1. The molecule has 7 nitrogen and oxygen atoms in total. The van der Waals surface area contributed by atoms with Crippen molar-refractivity contribution < 1.29 is 17.9 Å². The number of benzene rings is 2. The quantitative estimate of drug-likeness (QED) is 0.564. The molecule has 0 N–H and O–H groups in total. The largest absolute Gasteiger partial charge is 0.379 e. The topological polar surface area (TPSA) is 79.8 Å². The van der Waals surface area contributed by atoms with E-state index >= 15 is 0 Å². The predicted molar refractivity (Wildman–Crippen MR) is 123 cm³/mol. The molecule has 0 aliphatic carbocycles. The molecule has 1 saturated heterocycles. The van der Waals surface area contributed by atoms with Crippen LogP contribution in [-0.4, -0.2) is 69.9 Å². The Morgan fingerprint density at radius 2 is 1.87 bits per heavy atom. The van der Waals surface area contributed by atoms with E-state index in [9.17, 15) is 13.2 Å². The average molecular weight is 460 g/mol. The Hall–Kier alpha value is -2.33. The number of aryl methyl sites for hydroxylation is 1. The van der Waals surface area contributed by atoms with Gasteiger partial charge in [0.15, 0.2) is 15.0 Å². The summed E-state index contributed by atoms with van der Waals surface area (Å²) in [5.74, 6) is -0.190. The van der Waals surface area contributed by atoms with E-state index in [0.717, 1.165) is 35.1 Å². The van der Waals surface area contributed by atoms with Crippen LogP contribution in [0.1, 0.15) is 15.9 Å². The number of carbonyl (C=O) groups excluding carboxylic acids is 1. The number of ether oxygens (including phenoxy) is 1. The molecule has 9 heteroatoms. The van der Waals surface area contributed by atoms with Gasteiger partial charge in [-0.05, 0) is 42.8 Å². The SMILES string of the molecule is Cc1cccc2sc(N(CCN3CCOCC3)C(=O)c3ccc(S(C)(=O)=O)cc3)nc12. The van der Waals surface area contributed by atoms with E-state index in [0.29, 0.717) is 37.0 Å². The monoisotopic (exact) mass is 459 g/mol. The van der Waals surface area contributed by atoms with Crippen LogP contribution in [0, 0.1) is 6.92 Å². The van der Waals surface area contributed by atoms with Crippen molar-refractivity contribution in [2.45, 2.75) is 11.8 Å².